The molecule has 3 heterocycles. The molecule has 0 amide bonds. The van der Waals surface area contributed by atoms with Gasteiger partial charge in [-0.15, -0.1) is 0 Å². The normalized spacial score (nSPS) is 21.3. The minimum absolute atomic E-state index is 0.00280. The molecule has 7 heteroatoms. The van der Waals surface area contributed by atoms with Crippen LogP contribution in [0.3, 0.4) is 0 Å². The van der Waals surface area contributed by atoms with E-state index < -0.39 is 0 Å². The quantitative estimate of drug-likeness (QED) is 0.884. The van der Waals surface area contributed by atoms with Gasteiger partial charge in [-0.25, -0.2) is 4.99 Å². The molecule has 6 nitrogen and oxygen atoms in total. The van der Waals surface area contributed by atoms with Gasteiger partial charge in [0.1, 0.15) is 0 Å². The number of nitrogens with one attached hydrogen (secondary N) is 1. The molecule has 1 aliphatic heterocycles. The highest BCUT2D eigenvalue weighted by atomic mass is 32.2. The van der Waals surface area contributed by atoms with E-state index in [4.69, 9.17) is 4.99 Å². The molecular weight excluding hydrogens is 334 g/mol. The molecule has 2 aromatic heterocycles. The van der Waals surface area contributed by atoms with Crippen LogP contribution >= 0.6 is 11.8 Å². The van der Waals surface area contributed by atoms with E-state index in [0.29, 0.717) is 6.04 Å². The fourth-order valence-electron chi connectivity index (χ4n) is 4.19. The number of aromatic nitrogens is 4. The maximum absolute atomic E-state index is 12.9. The van der Waals surface area contributed by atoms with Gasteiger partial charge in [0.05, 0.1) is 27.6 Å². The number of hydrogen-bond donors (Lipinski definition) is 1. The Bertz CT molecular complexity index is 897. The molecule has 1 saturated carbocycles. The number of aliphatic imine (C=N–C) groups is 1. The summed E-state index contributed by atoms with van der Waals surface area (Å²) in [5.41, 5.74) is 4.04. The molecule has 1 aliphatic carbocycles. The van der Waals surface area contributed by atoms with Gasteiger partial charge in [-0.3, -0.25) is 19.3 Å². The summed E-state index contributed by atoms with van der Waals surface area (Å²) in [4.78, 5) is 17.6. The Labute approximate surface area is 151 Å². The second-order valence-corrected chi connectivity index (χ2v) is 8.47. The first-order chi connectivity index (χ1) is 12.0. The summed E-state index contributed by atoms with van der Waals surface area (Å²) in [6, 6.07) is 0.363. The van der Waals surface area contributed by atoms with E-state index in [1.807, 2.05) is 30.3 Å². The van der Waals surface area contributed by atoms with Gasteiger partial charge in [0.25, 0.3) is 5.56 Å². The minimum Gasteiger partial charge on any atom is -0.272 e. The Balaban J connectivity index is 1.87. The molecule has 0 spiro atoms. The molecule has 0 radical (unpaired) electrons. The highest BCUT2D eigenvalue weighted by Crippen LogP contribution is 2.46. The highest BCUT2D eigenvalue weighted by molar-refractivity contribution is 8.14. The molecule has 134 valence electrons. The highest BCUT2D eigenvalue weighted by Gasteiger charge is 2.34. The van der Waals surface area contributed by atoms with Crippen LogP contribution in [0, 0.1) is 13.8 Å². The van der Waals surface area contributed by atoms with Crippen LogP contribution in [0.25, 0.3) is 0 Å². The molecular formula is C18H25N5OS. The van der Waals surface area contributed by atoms with Crippen LogP contribution < -0.4 is 5.56 Å². The SMILES string of the molecule is CC1=Nc2c(c(=O)[nH]n2C2CCCCC2)C(c2c(C)nn(C)c2C)S1. The number of aryl methyl sites for hydroxylation is 2. The Hall–Kier alpha value is -1.76. The van der Waals surface area contributed by atoms with Gasteiger partial charge in [0.2, 0.25) is 0 Å². The van der Waals surface area contributed by atoms with E-state index in [-0.39, 0.29) is 10.8 Å². The summed E-state index contributed by atoms with van der Waals surface area (Å²) in [6.07, 6.45) is 5.98. The van der Waals surface area contributed by atoms with Crippen LogP contribution in [0.1, 0.15) is 72.8 Å². The summed E-state index contributed by atoms with van der Waals surface area (Å²) >= 11 is 1.66. The fraction of sp³-hybridized carbons (Fsp3) is 0.611. The Morgan fingerprint density at radius 3 is 2.48 bits per heavy atom. The van der Waals surface area contributed by atoms with Crippen LogP contribution in [0.15, 0.2) is 9.79 Å². The molecule has 4 rings (SSSR count). The number of thioether (sulfide) groups is 1. The summed E-state index contributed by atoms with van der Waals surface area (Å²) in [7, 11) is 1.96. The number of nitrogens with zero attached hydrogens (tertiary/aromatic N) is 4. The van der Waals surface area contributed by atoms with Crippen LogP contribution in [-0.4, -0.2) is 24.6 Å². The molecule has 0 bridgehead atoms. The molecule has 0 aromatic carbocycles. The van der Waals surface area contributed by atoms with Gasteiger partial charge in [0.15, 0.2) is 5.82 Å². The lowest BCUT2D eigenvalue weighted by Gasteiger charge is -2.26. The second-order valence-electron chi connectivity index (χ2n) is 7.18. The van der Waals surface area contributed by atoms with E-state index in [0.717, 1.165) is 46.2 Å². The Kier molecular flexibility index (Phi) is 4.14. The zero-order chi connectivity index (χ0) is 17.7. The first-order valence-electron chi connectivity index (χ1n) is 9.03. The van der Waals surface area contributed by atoms with Gasteiger partial charge < -0.3 is 0 Å². The average Bonchev–Trinajstić information content (AvgIpc) is 3.04. The lowest BCUT2D eigenvalue weighted by atomic mass is 9.95. The van der Waals surface area contributed by atoms with Crippen molar-refractivity contribution in [3.63, 3.8) is 0 Å². The van der Waals surface area contributed by atoms with Gasteiger partial charge in [-0.1, -0.05) is 31.0 Å². The zero-order valence-electron chi connectivity index (χ0n) is 15.3. The van der Waals surface area contributed by atoms with E-state index in [9.17, 15) is 4.79 Å². The first kappa shape index (κ1) is 16.7. The second kappa shape index (κ2) is 6.20. The number of rotatable bonds is 2. The monoisotopic (exact) mass is 359 g/mol. The van der Waals surface area contributed by atoms with Gasteiger partial charge >= 0.3 is 0 Å². The predicted molar refractivity (Wildman–Crippen MR) is 102 cm³/mol. The third-order valence-electron chi connectivity index (χ3n) is 5.52. The van der Waals surface area contributed by atoms with Crippen LogP contribution in [-0.2, 0) is 7.05 Å². The predicted octanol–water partition coefficient (Wildman–Crippen LogP) is 3.92. The fourth-order valence-corrected chi connectivity index (χ4v) is 5.45. The molecule has 1 atom stereocenters. The topological polar surface area (TPSA) is 68.0 Å². The molecule has 2 aliphatic rings. The summed E-state index contributed by atoms with van der Waals surface area (Å²) in [6.45, 7) is 6.13. The minimum atomic E-state index is -0.0326. The molecule has 2 aromatic rings. The molecule has 1 unspecified atom stereocenters. The van der Waals surface area contributed by atoms with E-state index in [1.165, 1.54) is 19.3 Å². The van der Waals surface area contributed by atoms with Crippen molar-refractivity contribution in [2.24, 2.45) is 12.0 Å². The van der Waals surface area contributed by atoms with E-state index in [2.05, 4.69) is 17.1 Å². The third kappa shape index (κ3) is 2.69. The van der Waals surface area contributed by atoms with Crippen LogP contribution in [0.2, 0.25) is 0 Å². The van der Waals surface area contributed by atoms with Crippen molar-refractivity contribution in [3.05, 3.63) is 32.9 Å². The smallest absolute Gasteiger partial charge is 0.271 e. The number of aromatic amines is 1. The summed E-state index contributed by atoms with van der Waals surface area (Å²) in [5, 5.41) is 8.63. The Morgan fingerprint density at radius 2 is 1.84 bits per heavy atom. The van der Waals surface area contributed by atoms with Crippen LogP contribution in [0.4, 0.5) is 5.82 Å². The number of hydrogen-bond acceptors (Lipinski definition) is 4. The maximum Gasteiger partial charge on any atom is 0.271 e. The standard InChI is InChI=1S/C18H25N5OS/c1-10-14(11(2)22(4)20-10)16-15-17(19-12(3)25-16)23(21-18(15)24)13-8-6-5-7-9-13/h13,16H,5-9H2,1-4H3,(H,21,24). The third-order valence-corrected chi connectivity index (χ3v) is 6.66. The van der Waals surface area contributed by atoms with Gasteiger partial charge in [-0.2, -0.15) is 5.10 Å². The van der Waals surface area contributed by atoms with Crippen molar-refractivity contribution in [2.75, 3.05) is 0 Å². The average molecular weight is 359 g/mol. The zero-order valence-corrected chi connectivity index (χ0v) is 16.1. The van der Waals surface area contributed by atoms with E-state index in [1.54, 1.807) is 11.8 Å². The molecule has 1 N–H and O–H groups in total. The molecule has 0 saturated heterocycles. The van der Waals surface area contributed by atoms with Gasteiger partial charge in [0, 0.05) is 18.3 Å². The van der Waals surface area contributed by atoms with Crippen molar-refractivity contribution in [1.29, 1.82) is 0 Å². The van der Waals surface area contributed by atoms with Gasteiger partial charge in [-0.05, 0) is 33.6 Å². The van der Waals surface area contributed by atoms with Crippen molar-refractivity contribution < 1.29 is 0 Å². The lowest BCUT2D eigenvalue weighted by Crippen LogP contribution is -2.16. The summed E-state index contributed by atoms with van der Waals surface area (Å²) < 4.78 is 3.95. The summed E-state index contributed by atoms with van der Waals surface area (Å²) in [5.74, 6) is 0.834. The maximum atomic E-state index is 12.9. The number of H-pyrrole nitrogens is 1. The van der Waals surface area contributed by atoms with Crippen molar-refractivity contribution in [2.45, 2.75) is 64.2 Å². The van der Waals surface area contributed by atoms with Crippen molar-refractivity contribution >= 4 is 22.6 Å². The van der Waals surface area contributed by atoms with Crippen LogP contribution in [0.5, 0.6) is 0 Å². The van der Waals surface area contributed by atoms with Crippen molar-refractivity contribution in [1.82, 2.24) is 19.6 Å². The molecule has 1 fully saturated rings. The van der Waals surface area contributed by atoms with Crippen molar-refractivity contribution in [3.8, 4) is 0 Å². The largest absolute Gasteiger partial charge is 0.272 e. The first-order valence-corrected chi connectivity index (χ1v) is 9.91. The molecule has 25 heavy (non-hydrogen) atoms. The van der Waals surface area contributed by atoms with E-state index >= 15 is 0 Å². The Morgan fingerprint density at radius 1 is 1.12 bits per heavy atom. The lowest BCUT2D eigenvalue weighted by molar-refractivity contribution is 0.331. The number of fused-ring (bicyclic) bond motifs is 1.